The van der Waals surface area contributed by atoms with E-state index in [-0.39, 0.29) is 18.2 Å². The van der Waals surface area contributed by atoms with Crippen LogP contribution in [0.5, 0.6) is 5.75 Å². The molecule has 0 radical (unpaired) electrons. The minimum atomic E-state index is -0.0545. The number of furan rings is 1. The molecule has 3 aromatic rings. The summed E-state index contributed by atoms with van der Waals surface area (Å²) in [5, 5.41) is 11.2. The molecule has 1 unspecified atom stereocenters. The van der Waals surface area contributed by atoms with Crippen molar-refractivity contribution in [3.05, 3.63) is 42.7 Å². The summed E-state index contributed by atoms with van der Waals surface area (Å²) in [5.74, 6) is 1.59. The zero-order valence-electron chi connectivity index (χ0n) is 12.7. The third-order valence-electron chi connectivity index (χ3n) is 4.02. The molecule has 1 aliphatic rings. The maximum Gasteiger partial charge on any atom is 0.157 e. The van der Waals surface area contributed by atoms with E-state index in [1.54, 1.807) is 24.8 Å². The zero-order valence-corrected chi connectivity index (χ0v) is 12.7. The van der Waals surface area contributed by atoms with Gasteiger partial charge in [0.1, 0.15) is 17.4 Å². The maximum absolute atomic E-state index is 5.90. The van der Waals surface area contributed by atoms with E-state index in [1.165, 1.54) is 0 Å². The van der Waals surface area contributed by atoms with Crippen LogP contribution in [0, 0.1) is 0 Å². The van der Waals surface area contributed by atoms with E-state index >= 15 is 0 Å². The Morgan fingerprint density at radius 1 is 1.39 bits per heavy atom. The van der Waals surface area contributed by atoms with Crippen LogP contribution in [0.1, 0.15) is 18.7 Å². The molecule has 120 valence electrons. The lowest BCUT2D eigenvalue weighted by molar-refractivity contribution is 0.138. The van der Waals surface area contributed by atoms with Gasteiger partial charge in [-0.15, -0.1) is 0 Å². The van der Waals surface area contributed by atoms with E-state index in [9.17, 15) is 0 Å². The molecule has 0 bridgehead atoms. The van der Waals surface area contributed by atoms with Crippen molar-refractivity contribution in [1.29, 1.82) is 0 Å². The third-order valence-corrected chi connectivity index (χ3v) is 4.02. The zero-order chi connectivity index (χ0) is 15.6. The van der Waals surface area contributed by atoms with E-state index in [0.717, 1.165) is 22.5 Å². The first-order chi connectivity index (χ1) is 11.3. The molecule has 0 amide bonds. The number of nitrogens with zero attached hydrogens (tertiary/aromatic N) is 2. The Balaban J connectivity index is 1.45. The largest absolute Gasteiger partial charge is 0.483 e. The minimum Gasteiger partial charge on any atom is -0.483 e. The third kappa shape index (κ3) is 2.93. The van der Waals surface area contributed by atoms with Gasteiger partial charge in [-0.05, 0) is 19.1 Å². The Morgan fingerprint density at radius 2 is 2.35 bits per heavy atom. The lowest BCUT2D eigenvalue weighted by Crippen LogP contribution is -2.43. The predicted molar refractivity (Wildman–Crippen MR) is 83.2 cm³/mol. The fraction of sp³-hybridized carbons (Fsp3) is 0.375. The average molecular weight is 314 g/mol. The molecule has 1 saturated heterocycles. The SMILES string of the molecule is CC(N[C@H]1COC[C@H]1Oc1cn[nH]c1)c1cc2cnccc2o1. The van der Waals surface area contributed by atoms with Crippen LogP contribution in [0.15, 0.2) is 41.3 Å². The quantitative estimate of drug-likeness (QED) is 0.750. The number of aromatic nitrogens is 3. The number of hydrogen-bond acceptors (Lipinski definition) is 6. The molecule has 4 rings (SSSR count). The van der Waals surface area contributed by atoms with Crippen molar-refractivity contribution in [2.75, 3.05) is 13.2 Å². The maximum atomic E-state index is 5.90. The molecule has 23 heavy (non-hydrogen) atoms. The van der Waals surface area contributed by atoms with Crippen LogP contribution in [0.2, 0.25) is 0 Å². The second-order valence-electron chi connectivity index (χ2n) is 5.68. The van der Waals surface area contributed by atoms with Gasteiger partial charge in [0.2, 0.25) is 0 Å². The summed E-state index contributed by atoms with van der Waals surface area (Å²) >= 11 is 0. The molecule has 0 aliphatic carbocycles. The van der Waals surface area contributed by atoms with Gasteiger partial charge >= 0.3 is 0 Å². The van der Waals surface area contributed by atoms with Crippen molar-refractivity contribution in [3.8, 4) is 5.75 Å². The molecular weight excluding hydrogens is 296 g/mol. The lowest BCUT2D eigenvalue weighted by atomic mass is 10.1. The fourth-order valence-electron chi connectivity index (χ4n) is 2.81. The number of fused-ring (bicyclic) bond motifs is 1. The van der Waals surface area contributed by atoms with Gasteiger partial charge in [0.15, 0.2) is 5.75 Å². The van der Waals surface area contributed by atoms with Crippen molar-refractivity contribution in [2.45, 2.75) is 25.1 Å². The molecule has 7 heteroatoms. The van der Waals surface area contributed by atoms with Crippen LogP contribution in [0.25, 0.3) is 11.0 Å². The normalized spacial score (nSPS) is 22.5. The number of H-pyrrole nitrogens is 1. The van der Waals surface area contributed by atoms with Crippen LogP contribution in [0.3, 0.4) is 0 Å². The van der Waals surface area contributed by atoms with Crippen LogP contribution in [0.4, 0.5) is 0 Å². The van der Waals surface area contributed by atoms with Gasteiger partial charge in [-0.25, -0.2) is 0 Å². The molecule has 4 heterocycles. The van der Waals surface area contributed by atoms with E-state index < -0.39 is 0 Å². The summed E-state index contributed by atoms with van der Waals surface area (Å²) in [4.78, 5) is 4.11. The first kappa shape index (κ1) is 14.2. The van der Waals surface area contributed by atoms with Crippen molar-refractivity contribution >= 4 is 11.0 Å². The second-order valence-corrected chi connectivity index (χ2v) is 5.68. The average Bonchev–Trinajstić information content (AvgIpc) is 3.28. The lowest BCUT2D eigenvalue weighted by Gasteiger charge is -2.22. The van der Waals surface area contributed by atoms with Crippen molar-refractivity contribution < 1.29 is 13.9 Å². The Hall–Kier alpha value is -2.38. The molecule has 3 atom stereocenters. The molecule has 3 aromatic heterocycles. The van der Waals surface area contributed by atoms with Crippen LogP contribution in [-0.4, -0.2) is 40.5 Å². The molecule has 0 saturated carbocycles. The second kappa shape index (κ2) is 6.02. The summed E-state index contributed by atoms with van der Waals surface area (Å²) in [6, 6.07) is 4.02. The van der Waals surface area contributed by atoms with Crippen LogP contribution in [-0.2, 0) is 4.74 Å². The molecule has 1 fully saturated rings. The van der Waals surface area contributed by atoms with Crippen molar-refractivity contribution in [2.24, 2.45) is 0 Å². The summed E-state index contributed by atoms with van der Waals surface area (Å²) in [5.41, 5.74) is 0.845. The molecular formula is C16H18N4O3. The highest BCUT2D eigenvalue weighted by atomic mass is 16.5. The van der Waals surface area contributed by atoms with E-state index in [0.29, 0.717) is 13.2 Å². The van der Waals surface area contributed by atoms with Gasteiger partial charge in [0.25, 0.3) is 0 Å². The number of rotatable bonds is 5. The highest BCUT2D eigenvalue weighted by molar-refractivity contribution is 5.76. The standard InChI is InChI=1S/C16H18N4O3/c1-10(15-4-11-5-17-3-2-14(11)23-15)20-13-8-21-9-16(13)22-12-6-18-19-7-12/h2-7,10,13,16,20H,8-9H2,1H3,(H,18,19)/t10?,13-,16+/m0/s1. The van der Waals surface area contributed by atoms with Gasteiger partial charge in [-0.2, -0.15) is 5.10 Å². The Bertz CT molecular complexity index is 738. The van der Waals surface area contributed by atoms with Gasteiger partial charge in [-0.1, -0.05) is 0 Å². The summed E-state index contributed by atoms with van der Waals surface area (Å²) in [6.45, 7) is 3.23. The van der Waals surface area contributed by atoms with Gasteiger partial charge in [0, 0.05) is 17.8 Å². The van der Waals surface area contributed by atoms with Crippen molar-refractivity contribution in [3.63, 3.8) is 0 Å². The van der Waals surface area contributed by atoms with Gasteiger partial charge < -0.3 is 13.9 Å². The minimum absolute atomic E-state index is 0.0459. The summed E-state index contributed by atoms with van der Waals surface area (Å²) < 4.78 is 17.3. The molecule has 7 nitrogen and oxygen atoms in total. The van der Waals surface area contributed by atoms with E-state index in [2.05, 4.69) is 27.4 Å². The van der Waals surface area contributed by atoms with Gasteiger partial charge in [-0.3, -0.25) is 15.4 Å². The van der Waals surface area contributed by atoms with Crippen LogP contribution < -0.4 is 10.1 Å². The Kier molecular flexibility index (Phi) is 3.72. The van der Waals surface area contributed by atoms with Crippen molar-refractivity contribution in [1.82, 2.24) is 20.5 Å². The molecule has 0 aromatic carbocycles. The topological polar surface area (TPSA) is 85.2 Å². The Labute approximate surface area is 133 Å². The number of hydrogen-bond donors (Lipinski definition) is 2. The van der Waals surface area contributed by atoms with E-state index in [1.807, 2.05) is 12.1 Å². The van der Waals surface area contributed by atoms with Gasteiger partial charge in [0.05, 0.1) is 37.7 Å². The monoisotopic (exact) mass is 314 g/mol. The number of aromatic amines is 1. The molecule has 1 aliphatic heterocycles. The highest BCUT2D eigenvalue weighted by Gasteiger charge is 2.32. The first-order valence-electron chi connectivity index (χ1n) is 7.62. The molecule has 2 N–H and O–H groups in total. The summed E-state index contributed by atoms with van der Waals surface area (Å²) in [6.07, 6.45) is 6.86. The predicted octanol–water partition coefficient (Wildman–Crippen LogP) is 2.05. The number of nitrogens with one attached hydrogen (secondary N) is 2. The smallest absolute Gasteiger partial charge is 0.157 e. The van der Waals surface area contributed by atoms with E-state index in [4.69, 9.17) is 13.9 Å². The fourth-order valence-corrected chi connectivity index (χ4v) is 2.81. The highest BCUT2D eigenvalue weighted by Crippen LogP contribution is 2.24. The Morgan fingerprint density at radius 3 is 3.17 bits per heavy atom. The summed E-state index contributed by atoms with van der Waals surface area (Å²) in [7, 11) is 0. The molecule has 0 spiro atoms. The van der Waals surface area contributed by atoms with Crippen LogP contribution >= 0.6 is 0 Å². The number of pyridine rings is 1. The first-order valence-corrected chi connectivity index (χ1v) is 7.62. The number of ether oxygens (including phenoxy) is 2.